The second kappa shape index (κ2) is 7.90. The van der Waals surface area contributed by atoms with Gasteiger partial charge in [-0.05, 0) is 0 Å². The van der Waals surface area contributed by atoms with Crippen molar-refractivity contribution in [1.29, 1.82) is 0 Å². The summed E-state index contributed by atoms with van der Waals surface area (Å²) in [7, 11) is -7.48. The molecule has 11 heteroatoms. The van der Waals surface area contributed by atoms with Gasteiger partial charge in [0.1, 0.15) is 17.7 Å². The summed E-state index contributed by atoms with van der Waals surface area (Å²) in [5.74, 6) is -3.63. The second-order valence-corrected chi connectivity index (χ2v) is 7.73. The Morgan fingerprint density at radius 1 is 1.00 bits per heavy atom. The quantitative estimate of drug-likeness (QED) is 0.398. The van der Waals surface area contributed by atoms with Gasteiger partial charge in [0.15, 0.2) is 19.7 Å². The van der Waals surface area contributed by atoms with Crippen LogP contribution in [0.1, 0.15) is 0 Å². The van der Waals surface area contributed by atoms with E-state index in [-0.39, 0.29) is 0 Å². The molecular formula is C10H16N2O7S2. The fraction of sp³-hybridized carbons (Fsp3) is 0.400. The fourth-order valence-corrected chi connectivity index (χ4v) is 2.18. The van der Waals surface area contributed by atoms with Crippen molar-refractivity contribution in [3.8, 4) is 0 Å². The molecule has 0 fully saturated rings. The van der Waals surface area contributed by atoms with Gasteiger partial charge in [-0.1, -0.05) is 13.2 Å². The van der Waals surface area contributed by atoms with Crippen molar-refractivity contribution in [2.24, 2.45) is 0 Å². The van der Waals surface area contributed by atoms with E-state index in [1.165, 1.54) is 0 Å². The monoisotopic (exact) mass is 340 g/mol. The third-order valence-electron chi connectivity index (χ3n) is 1.99. The molecule has 2 amide bonds. The predicted molar refractivity (Wildman–Crippen MR) is 75.1 cm³/mol. The second-order valence-electron chi connectivity index (χ2n) is 3.84. The number of rotatable bonds is 9. The number of carbonyl (C=O) groups is 2. The SMILES string of the molecule is C=CS(=O)(=O)CC(=O)NCC(O)NC(=O)CS(=O)(=O)C=C. The van der Waals surface area contributed by atoms with Crippen LogP contribution in [0.3, 0.4) is 0 Å². The Morgan fingerprint density at radius 3 is 1.86 bits per heavy atom. The molecule has 0 spiro atoms. The van der Waals surface area contributed by atoms with E-state index in [0.29, 0.717) is 10.8 Å². The first kappa shape index (κ1) is 19.3. The molecule has 0 aromatic carbocycles. The smallest absolute Gasteiger partial charge is 0.237 e. The molecule has 0 aromatic rings. The van der Waals surface area contributed by atoms with Crippen LogP contribution in [0, 0.1) is 0 Å². The minimum absolute atomic E-state index is 0.481. The maximum Gasteiger partial charge on any atom is 0.237 e. The largest absolute Gasteiger partial charge is 0.372 e. The normalized spacial score (nSPS) is 13.0. The third-order valence-corrected chi connectivity index (χ3v) is 4.34. The maximum atomic E-state index is 11.2. The highest BCUT2D eigenvalue weighted by Gasteiger charge is 2.17. The lowest BCUT2D eigenvalue weighted by molar-refractivity contribution is -0.123. The van der Waals surface area contributed by atoms with Crippen molar-refractivity contribution in [3.05, 3.63) is 24.0 Å². The summed E-state index contributed by atoms with van der Waals surface area (Å²) in [6, 6.07) is 0. The lowest BCUT2D eigenvalue weighted by Gasteiger charge is -2.13. The number of amides is 2. The minimum Gasteiger partial charge on any atom is -0.372 e. The highest BCUT2D eigenvalue weighted by Crippen LogP contribution is 1.91. The Bertz CT molecular complexity index is 622. The summed E-state index contributed by atoms with van der Waals surface area (Å²) >= 11 is 0. The van der Waals surface area contributed by atoms with E-state index >= 15 is 0 Å². The van der Waals surface area contributed by atoms with Gasteiger partial charge in [0.2, 0.25) is 11.8 Å². The van der Waals surface area contributed by atoms with Crippen LogP contribution >= 0.6 is 0 Å². The van der Waals surface area contributed by atoms with Crippen molar-refractivity contribution in [3.63, 3.8) is 0 Å². The van der Waals surface area contributed by atoms with Gasteiger partial charge < -0.3 is 15.7 Å². The third kappa shape index (κ3) is 8.94. The lowest BCUT2D eigenvalue weighted by Crippen LogP contribution is -2.46. The first-order valence-electron chi connectivity index (χ1n) is 5.46. The molecule has 1 atom stereocenters. The Morgan fingerprint density at radius 2 is 1.43 bits per heavy atom. The zero-order valence-corrected chi connectivity index (χ0v) is 12.6. The lowest BCUT2D eigenvalue weighted by atomic mass is 10.5. The van der Waals surface area contributed by atoms with Crippen molar-refractivity contribution in [1.82, 2.24) is 10.6 Å². The van der Waals surface area contributed by atoms with E-state index in [9.17, 15) is 31.5 Å². The van der Waals surface area contributed by atoms with Crippen LogP contribution in [0.15, 0.2) is 24.0 Å². The van der Waals surface area contributed by atoms with Gasteiger partial charge in [0.05, 0.1) is 6.54 Å². The molecule has 9 nitrogen and oxygen atoms in total. The minimum atomic E-state index is -3.76. The van der Waals surface area contributed by atoms with Crippen LogP contribution in [0.4, 0.5) is 0 Å². The summed E-state index contributed by atoms with van der Waals surface area (Å²) in [6.45, 7) is 5.56. The number of hydrogen-bond acceptors (Lipinski definition) is 7. The van der Waals surface area contributed by atoms with E-state index in [1.54, 1.807) is 0 Å². The predicted octanol–water partition coefficient (Wildman–Crippen LogP) is -2.35. The molecule has 0 radical (unpaired) electrons. The van der Waals surface area contributed by atoms with Crippen molar-refractivity contribution in [2.75, 3.05) is 18.1 Å². The van der Waals surface area contributed by atoms with E-state index in [2.05, 4.69) is 18.5 Å². The molecule has 0 aliphatic carbocycles. The van der Waals surface area contributed by atoms with Gasteiger partial charge in [-0.15, -0.1) is 0 Å². The number of aliphatic hydroxyl groups is 1. The fourth-order valence-electron chi connectivity index (χ4n) is 1.02. The van der Waals surface area contributed by atoms with Gasteiger partial charge in [0.25, 0.3) is 0 Å². The molecule has 0 aliphatic heterocycles. The topological polar surface area (TPSA) is 147 Å². The summed E-state index contributed by atoms with van der Waals surface area (Å²) in [4.78, 5) is 22.4. The van der Waals surface area contributed by atoms with E-state index in [0.717, 1.165) is 0 Å². The summed E-state index contributed by atoms with van der Waals surface area (Å²) in [5, 5.41) is 14.5. The molecule has 0 saturated carbocycles. The van der Waals surface area contributed by atoms with Crippen LogP contribution in [0.25, 0.3) is 0 Å². The standard InChI is InChI=1S/C10H16N2O7S2/c1-3-20(16,17)6-9(14)11-5-8(13)12-10(15)7-21(18,19)4-2/h3-4,8,13H,1-2,5-7H2,(H,11,14)(H,12,15). The zero-order chi connectivity index (χ0) is 16.7. The number of sulfone groups is 2. The van der Waals surface area contributed by atoms with Gasteiger partial charge in [-0.25, -0.2) is 16.8 Å². The molecule has 0 heterocycles. The molecule has 1 unspecified atom stereocenters. The van der Waals surface area contributed by atoms with Crippen molar-refractivity contribution in [2.45, 2.75) is 6.23 Å². The molecule has 0 bridgehead atoms. The molecule has 21 heavy (non-hydrogen) atoms. The van der Waals surface area contributed by atoms with Crippen LogP contribution in [-0.2, 0) is 29.3 Å². The average molecular weight is 340 g/mol. The zero-order valence-electron chi connectivity index (χ0n) is 11.0. The number of nitrogens with one attached hydrogen (secondary N) is 2. The van der Waals surface area contributed by atoms with Crippen LogP contribution in [-0.4, -0.2) is 58.0 Å². The van der Waals surface area contributed by atoms with Gasteiger partial charge in [-0.3, -0.25) is 9.59 Å². The van der Waals surface area contributed by atoms with Crippen LogP contribution < -0.4 is 10.6 Å². The maximum absolute atomic E-state index is 11.2. The van der Waals surface area contributed by atoms with Crippen molar-refractivity contribution >= 4 is 31.5 Å². The molecule has 120 valence electrons. The van der Waals surface area contributed by atoms with Crippen LogP contribution in [0.2, 0.25) is 0 Å². The average Bonchev–Trinajstić information content (AvgIpc) is 2.35. The first-order valence-corrected chi connectivity index (χ1v) is 8.89. The van der Waals surface area contributed by atoms with Crippen molar-refractivity contribution < 1.29 is 31.5 Å². The molecule has 0 aliphatic rings. The Balaban J connectivity index is 4.25. The first-order chi connectivity index (χ1) is 9.51. The highest BCUT2D eigenvalue weighted by atomic mass is 32.2. The molecular weight excluding hydrogens is 324 g/mol. The number of aliphatic hydroxyl groups excluding tert-OH is 1. The molecule has 0 aromatic heterocycles. The Hall–Kier alpha value is -1.72. The molecule has 3 N–H and O–H groups in total. The Labute approximate surface area is 122 Å². The van der Waals surface area contributed by atoms with Crippen LogP contribution in [0.5, 0.6) is 0 Å². The summed E-state index contributed by atoms with van der Waals surface area (Å²) < 4.78 is 44.2. The van der Waals surface area contributed by atoms with Gasteiger partial charge in [0, 0.05) is 10.8 Å². The number of carbonyl (C=O) groups excluding carboxylic acids is 2. The summed E-state index contributed by atoms with van der Waals surface area (Å²) in [6.07, 6.45) is -1.56. The van der Waals surface area contributed by atoms with Gasteiger partial charge in [-0.2, -0.15) is 0 Å². The van der Waals surface area contributed by atoms with E-state index in [4.69, 9.17) is 0 Å². The molecule has 0 saturated heterocycles. The Kier molecular flexibility index (Phi) is 7.26. The molecule has 0 rings (SSSR count). The van der Waals surface area contributed by atoms with Gasteiger partial charge >= 0.3 is 0 Å². The summed E-state index contributed by atoms with van der Waals surface area (Å²) in [5.41, 5.74) is 0. The van der Waals surface area contributed by atoms with E-state index < -0.39 is 55.8 Å². The number of hydrogen-bond donors (Lipinski definition) is 3. The van der Waals surface area contributed by atoms with E-state index in [1.807, 2.05) is 5.32 Å². The highest BCUT2D eigenvalue weighted by molar-refractivity contribution is 7.95.